The molecular formula is C76H119N19O13. The van der Waals surface area contributed by atoms with Crippen molar-refractivity contribution in [1.29, 1.82) is 0 Å². The number of aliphatic hydroxyl groups is 1. The van der Waals surface area contributed by atoms with Gasteiger partial charge < -0.3 is 96.5 Å². The third-order valence-electron chi connectivity index (χ3n) is 18.9. The van der Waals surface area contributed by atoms with E-state index in [1.165, 1.54) is 84.2 Å². The van der Waals surface area contributed by atoms with E-state index in [0.29, 0.717) is 29.7 Å². The van der Waals surface area contributed by atoms with Crippen molar-refractivity contribution in [3.63, 3.8) is 0 Å². The highest BCUT2D eigenvalue weighted by Gasteiger charge is 2.37. The van der Waals surface area contributed by atoms with Gasteiger partial charge in [-0.05, 0) is 108 Å². The number of nitrogens with one attached hydrogen (secondary N) is 13. The number of fused-ring (bicyclic) bond motifs is 1. The molecule has 2 aromatic carbocycles. The number of primary amides is 1. The number of carbonyl (C=O) groups is 12. The number of H-pyrrole nitrogens is 2. The van der Waals surface area contributed by atoms with E-state index in [2.05, 4.69) is 85.4 Å². The van der Waals surface area contributed by atoms with Crippen LogP contribution in [0.5, 0.6) is 0 Å². The molecular weight excluding hydrogens is 1390 g/mol. The summed E-state index contributed by atoms with van der Waals surface area (Å²) in [5.41, 5.74) is 25.6. The van der Waals surface area contributed by atoms with Gasteiger partial charge in [0, 0.05) is 87.7 Å². The smallest absolute Gasteiger partial charge is 0.245 e. The lowest BCUT2D eigenvalue weighted by molar-refractivity contribution is -0.137. The van der Waals surface area contributed by atoms with E-state index in [4.69, 9.17) is 22.9 Å². The first-order chi connectivity index (χ1) is 52.0. The van der Waals surface area contributed by atoms with Crippen molar-refractivity contribution in [3.05, 3.63) is 90.1 Å². The minimum absolute atomic E-state index is 0.00207. The molecule has 0 saturated carbocycles. The molecule has 12 amide bonds. The maximum Gasteiger partial charge on any atom is 0.245 e. The number of aromatic nitrogens is 3. The number of guanidine groups is 1. The largest absolute Gasteiger partial charge is 0.391 e. The molecule has 1 aliphatic rings. The molecule has 1 saturated heterocycles. The molecule has 1 fully saturated rings. The molecule has 1 aliphatic heterocycles. The van der Waals surface area contributed by atoms with E-state index in [-0.39, 0.29) is 115 Å². The van der Waals surface area contributed by atoms with Crippen molar-refractivity contribution < 1.29 is 62.6 Å². The molecule has 22 N–H and O–H groups in total. The minimum atomic E-state index is -1.72. The second-order valence-corrected chi connectivity index (χ2v) is 27.9. The summed E-state index contributed by atoms with van der Waals surface area (Å²) in [5.74, 6) is -9.63. The molecule has 0 unspecified atom stereocenters. The number of carbonyl (C=O) groups excluding carboxylic acids is 12. The van der Waals surface area contributed by atoms with Gasteiger partial charge in [0.25, 0.3) is 0 Å². The van der Waals surface area contributed by atoms with E-state index in [1.54, 1.807) is 36.5 Å². The van der Waals surface area contributed by atoms with Crippen LogP contribution in [0.1, 0.15) is 205 Å². The van der Waals surface area contributed by atoms with Crippen molar-refractivity contribution in [1.82, 2.24) is 73.4 Å². The summed E-state index contributed by atoms with van der Waals surface area (Å²) >= 11 is 0. The number of amides is 12. The molecule has 0 radical (unpaired) electrons. The Morgan fingerprint density at radius 1 is 0.630 bits per heavy atom. The van der Waals surface area contributed by atoms with E-state index in [9.17, 15) is 57.8 Å². The molecule has 4 aromatic rings. The van der Waals surface area contributed by atoms with Gasteiger partial charge in [-0.3, -0.25) is 62.5 Å². The molecule has 0 spiro atoms. The Morgan fingerprint density at radius 3 is 1.87 bits per heavy atom. The number of unbranched alkanes of at least 4 members (excludes halogenated alkanes) is 13. The number of hydrogen-bond acceptors (Lipinski definition) is 16. The van der Waals surface area contributed by atoms with Crippen LogP contribution < -0.4 is 81.4 Å². The Kier molecular flexibility index (Phi) is 40.9. The van der Waals surface area contributed by atoms with Gasteiger partial charge in [-0.2, -0.15) is 0 Å². The molecule has 32 heteroatoms. The molecule has 0 aliphatic carbocycles. The zero-order valence-corrected chi connectivity index (χ0v) is 63.1. The number of rotatable bonds is 41. The van der Waals surface area contributed by atoms with Gasteiger partial charge in [-0.1, -0.05) is 133 Å². The standard InChI is InChI=1S/C76H119N19O13/c1-4-5-6-7-8-9-10-11-12-13-14-15-19-36-64(98)82-40-25-23-33-57(92-75(108)66(49(2)96)95-74(107)63(87-50(3)97)45-53-47-81-48-86-53)68(101)91-60-37-38-65(99)83-41-24-22-32-56(67(78)100)88-73(106)62(44-52-46-85-55-31-21-20-30-54(52)55)94-70(103)59(35-27-42-84-76(79)80)90-72(105)61(43-51-28-17-16-18-29-51)93-69(102)58(34-26-39-77)89-71(60)104/h16-18,20-21,28-31,46-49,56-63,66,85,96H,4-15,19,22-27,32-45,77H2,1-3H3,(H2,78,100)(H,81,86)(H,82,98)(H,83,99)(H,87,97)(H,88,106)(H,89,104)(H,90,105)(H,91,101)(H,92,108)(H,93,102)(H,94,103)(H,95,107)(H4,79,80,84)/t49-,56+,57+,58+,59+,60+,61-,62+,63+,66+/m1/s1. The first-order valence-corrected chi connectivity index (χ1v) is 38.5. The van der Waals surface area contributed by atoms with Gasteiger partial charge >= 0.3 is 0 Å². The Balaban J connectivity index is 1.45. The van der Waals surface area contributed by atoms with Crippen LogP contribution in [0, 0.1) is 0 Å². The fourth-order valence-electron chi connectivity index (χ4n) is 12.8. The third-order valence-corrected chi connectivity index (χ3v) is 18.9. The van der Waals surface area contributed by atoms with Crippen LogP contribution in [-0.2, 0) is 76.8 Å². The Hall–Kier alpha value is -9.98. The van der Waals surface area contributed by atoms with Crippen LogP contribution in [0.2, 0.25) is 0 Å². The second kappa shape index (κ2) is 49.8. The topological polar surface area (TPSA) is 518 Å². The van der Waals surface area contributed by atoms with Gasteiger partial charge in [-0.25, -0.2) is 4.98 Å². The quantitative estimate of drug-likeness (QED) is 0.0171. The predicted octanol–water partition coefficient (Wildman–Crippen LogP) is 1.81. The number of aliphatic imine (C=N–C) groups is 1. The number of nitrogens with two attached hydrogens (primary N) is 4. The highest BCUT2D eigenvalue weighted by atomic mass is 16.3. The second-order valence-electron chi connectivity index (χ2n) is 27.9. The Labute approximate surface area is 632 Å². The normalized spacial score (nSPS) is 19.2. The van der Waals surface area contributed by atoms with Crippen LogP contribution in [0.4, 0.5) is 0 Å². The zero-order chi connectivity index (χ0) is 78.6. The van der Waals surface area contributed by atoms with Crippen LogP contribution in [-0.4, -0.2) is 184 Å². The summed E-state index contributed by atoms with van der Waals surface area (Å²) in [5, 5.41) is 41.6. The highest BCUT2D eigenvalue weighted by Crippen LogP contribution is 2.21. The molecule has 2 aromatic heterocycles. The Morgan fingerprint density at radius 2 is 1.24 bits per heavy atom. The average molecular weight is 1510 g/mol. The van der Waals surface area contributed by atoms with Crippen LogP contribution in [0.3, 0.4) is 0 Å². The van der Waals surface area contributed by atoms with Gasteiger partial charge in [0.1, 0.15) is 54.4 Å². The lowest BCUT2D eigenvalue weighted by Gasteiger charge is -2.29. The maximum atomic E-state index is 15.0. The molecule has 596 valence electrons. The van der Waals surface area contributed by atoms with Gasteiger partial charge in [0.15, 0.2) is 5.96 Å². The molecule has 10 atom stereocenters. The number of nitrogens with zero attached hydrogens (tertiary/aromatic N) is 2. The number of aliphatic hydroxyl groups excluding tert-OH is 1. The first-order valence-electron chi connectivity index (χ1n) is 38.5. The van der Waals surface area contributed by atoms with Crippen LogP contribution in [0.15, 0.2) is 78.3 Å². The number of imidazole rings is 1. The summed E-state index contributed by atoms with van der Waals surface area (Å²) in [7, 11) is 0. The predicted molar refractivity (Wildman–Crippen MR) is 410 cm³/mol. The van der Waals surface area contributed by atoms with E-state index in [1.807, 2.05) is 24.3 Å². The van der Waals surface area contributed by atoms with Crippen LogP contribution in [0.25, 0.3) is 10.9 Å². The van der Waals surface area contributed by atoms with Gasteiger partial charge in [0.05, 0.1) is 12.4 Å². The molecule has 108 heavy (non-hydrogen) atoms. The van der Waals surface area contributed by atoms with Crippen molar-refractivity contribution >= 4 is 87.7 Å². The summed E-state index contributed by atoms with van der Waals surface area (Å²) < 4.78 is 0. The molecule has 0 bridgehead atoms. The fraction of sp³-hybridized carbons (Fsp3) is 0.605. The summed E-state index contributed by atoms with van der Waals surface area (Å²) in [6, 6.07) is 2.76. The third kappa shape index (κ3) is 33.9. The Bertz CT molecular complexity index is 3490. The van der Waals surface area contributed by atoms with E-state index >= 15 is 4.79 Å². The molecule has 5 rings (SSSR count). The van der Waals surface area contributed by atoms with Gasteiger partial charge in [0.2, 0.25) is 70.9 Å². The summed E-state index contributed by atoms with van der Waals surface area (Å²) in [6.45, 7) is 4.94. The number of para-hydroxylation sites is 1. The van der Waals surface area contributed by atoms with Gasteiger partial charge in [-0.15, -0.1) is 0 Å². The fourth-order valence-corrected chi connectivity index (χ4v) is 12.8. The summed E-state index contributed by atoms with van der Waals surface area (Å²) in [6.07, 6.45) is 18.1. The number of aromatic amines is 2. The lowest BCUT2D eigenvalue weighted by Crippen LogP contribution is -2.61. The zero-order valence-electron chi connectivity index (χ0n) is 63.1. The maximum absolute atomic E-state index is 15.0. The highest BCUT2D eigenvalue weighted by molar-refractivity contribution is 5.99. The van der Waals surface area contributed by atoms with Crippen molar-refractivity contribution in [3.8, 4) is 0 Å². The first kappa shape index (κ1) is 88.6. The summed E-state index contributed by atoms with van der Waals surface area (Å²) in [4.78, 5) is 184. The van der Waals surface area contributed by atoms with Crippen molar-refractivity contribution in [2.45, 2.75) is 267 Å². The average Bonchev–Trinajstić information content (AvgIpc) is 1.64. The van der Waals surface area contributed by atoms with Crippen molar-refractivity contribution in [2.75, 3.05) is 26.2 Å². The molecule has 32 nitrogen and oxygen atoms in total. The van der Waals surface area contributed by atoms with Crippen molar-refractivity contribution in [2.24, 2.45) is 27.9 Å². The lowest BCUT2D eigenvalue weighted by atomic mass is 10.0. The van der Waals surface area contributed by atoms with Crippen LogP contribution >= 0.6 is 0 Å². The minimum Gasteiger partial charge on any atom is -0.391 e. The van der Waals surface area contributed by atoms with E-state index < -0.39 is 138 Å². The van der Waals surface area contributed by atoms with E-state index in [0.717, 1.165) is 36.6 Å². The molecule has 3 heterocycles. The monoisotopic (exact) mass is 1510 g/mol. The SMILES string of the molecule is CCCCCCCCCCCCCCCC(=O)NCCCC[C@H](NC(=O)[C@@H](NC(=O)[C@H](Cc1cnc[nH]1)NC(C)=O)[C@@H](C)O)C(=O)N[C@H]1CCC(=O)NCCCC[C@@H](C(N)=O)NC(=O)[C@H](Cc2c[nH]c3ccccc23)NC(=O)[C@H](CCCN=C(N)N)NC(=O)[C@@H](Cc2ccccc2)NC(=O)[C@H](CCCN)NC1=O. The number of hydrogen-bond donors (Lipinski definition) is 18. The number of benzene rings is 2.